The molecule has 2 unspecified atom stereocenters. The van der Waals surface area contributed by atoms with Gasteiger partial charge in [-0.15, -0.1) is 0 Å². The van der Waals surface area contributed by atoms with Crippen LogP contribution in [0.25, 0.3) is 0 Å². The number of ether oxygens (including phenoxy) is 2. The molecule has 9 nitrogen and oxygen atoms in total. The highest BCUT2D eigenvalue weighted by Crippen LogP contribution is 2.43. The maximum absolute atomic E-state index is 12.8. The first-order valence-corrected chi connectivity index (χ1v) is 34.8. The van der Waals surface area contributed by atoms with E-state index in [2.05, 4.69) is 160 Å². The molecule has 0 aliphatic heterocycles. The van der Waals surface area contributed by atoms with Crippen molar-refractivity contribution in [3.63, 3.8) is 0 Å². The zero-order chi connectivity index (χ0) is 60.1. The summed E-state index contributed by atoms with van der Waals surface area (Å²) in [5.41, 5.74) is 5.40. The van der Waals surface area contributed by atoms with Crippen LogP contribution in [0.3, 0.4) is 0 Å². The molecule has 0 aromatic heterocycles. The van der Waals surface area contributed by atoms with Gasteiger partial charge in [0, 0.05) is 19.4 Å². The molecular weight excluding hydrogens is 1050 g/mol. The van der Waals surface area contributed by atoms with Gasteiger partial charge in [0.05, 0.1) is 13.2 Å². The summed E-state index contributed by atoms with van der Waals surface area (Å²) >= 11 is 0. The molecule has 0 aliphatic rings. The topological polar surface area (TPSA) is 134 Å². The van der Waals surface area contributed by atoms with Crippen molar-refractivity contribution in [2.45, 2.75) is 277 Å². The monoisotopic (exact) mass is 1170 g/mol. The number of unbranched alkanes of at least 4 members (excludes halogenated alkanes) is 24. The molecule has 0 aromatic carbocycles. The van der Waals surface area contributed by atoms with Crippen LogP contribution in [0, 0.1) is 0 Å². The van der Waals surface area contributed by atoms with Crippen LogP contribution in [0.5, 0.6) is 0 Å². The Labute approximate surface area is 509 Å². The largest absolute Gasteiger partial charge is 0.472 e. The fourth-order valence-corrected chi connectivity index (χ4v) is 9.64. The normalized spacial score (nSPS) is 13.9. The fraction of sp³-hybridized carbons (Fsp3) is 0.644. The predicted octanol–water partition coefficient (Wildman–Crippen LogP) is 21.9. The van der Waals surface area contributed by atoms with Crippen molar-refractivity contribution >= 4 is 19.8 Å². The van der Waals surface area contributed by atoms with E-state index >= 15 is 0 Å². The molecule has 83 heavy (non-hydrogen) atoms. The highest BCUT2D eigenvalue weighted by atomic mass is 31.2. The summed E-state index contributed by atoms with van der Waals surface area (Å²) in [6.07, 6.45) is 96.3. The van der Waals surface area contributed by atoms with E-state index < -0.39 is 26.5 Å². The minimum absolute atomic E-state index is 0.0466. The Kier molecular flexibility index (Phi) is 63.7. The molecule has 0 amide bonds. The summed E-state index contributed by atoms with van der Waals surface area (Å²) in [4.78, 5) is 35.3. The Morgan fingerprint density at radius 1 is 0.361 bits per heavy atom. The minimum atomic E-state index is -4.40. The maximum Gasteiger partial charge on any atom is 0.472 e. The number of esters is 2. The van der Waals surface area contributed by atoms with Crippen LogP contribution in [0.2, 0.25) is 0 Å². The molecule has 10 heteroatoms. The van der Waals surface area contributed by atoms with Gasteiger partial charge in [-0.3, -0.25) is 18.6 Å². The molecule has 0 saturated heterocycles. The van der Waals surface area contributed by atoms with Gasteiger partial charge in [-0.2, -0.15) is 0 Å². The average Bonchev–Trinajstić information content (AvgIpc) is 3.49. The van der Waals surface area contributed by atoms with Crippen LogP contribution in [0.4, 0.5) is 0 Å². The van der Waals surface area contributed by atoms with Gasteiger partial charge in [0.25, 0.3) is 0 Å². The molecule has 0 heterocycles. The third kappa shape index (κ3) is 66.9. The fourth-order valence-electron chi connectivity index (χ4n) is 8.88. The van der Waals surface area contributed by atoms with Gasteiger partial charge in [-0.25, -0.2) is 4.57 Å². The summed E-state index contributed by atoms with van der Waals surface area (Å²) in [5, 5.41) is 0. The van der Waals surface area contributed by atoms with Gasteiger partial charge in [-0.1, -0.05) is 288 Å². The van der Waals surface area contributed by atoms with Crippen LogP contribution >= 0.6 is 7.82 Å². The Morgan fingerprint density at radius 2 is 0.627 bits per heavy atom. The van der Waals surface area contributed by atoms with Crippen molar-refractivity contribution in [2.75, 3.05) is 26.4 Å². The SMILES string of the molecule is CC/C=C\C/C=C\C/C=C\C/C=C\C/C=C\C/C=C\C/C=C\CCCCCCCCCCCCCCCCCC(=O)OC(COC(=O)CCCCCCCCCCC/C=C\C/C=C\C/C=C\C/C=C\C/C=C\CC)COP(=O)(O)OCCN. The number of hydrogen-bond acceptors (Lipinski definition) is 8. The summed E-state index contributed by atoms with van der Waals surface area (Å²) in [7, 11) is -4.40. The number of allylic oxidation sites excluding steroid dienone is 24. The van der Waals surface area contributed by atoms with E-state index in [1.54, 1.807) is 0 Å². The zero-order valence-electron chi connectivity index (χ0n) is 52.9. The van der Waals surface area contributed by atoms with Gasteiger partial charge in [0.1, 0.15) is 6.61 Å². The van der Waals surface area contributed by atoms with Gasteiger partial charge >= 0.3 is 19.8 Å². The summed E-state index contributed by atoms with van der Waals surface area (Å²) in [5.74, 6) is -0.837. The zero-order valence-corrected chi connectivity index (χ0v) is 53.8. The lowest BCUT2D eigenvalue weighted by Gasteiger charge is -2.19. The number of carbonyl (C=O) groups is 2. The third-order valence-corrected chi connectivity index (χ3v) is 14.7. The summed E-state index contributed by atoms with van der Waals surface area (Å²) < 4.78 is 33.1. The van der Waals surface area contributed by atoms with Crippen molar-refractivity contribution < 1.29 is 37.6 Å². The van der Waals surface area contributed by atoms with E-state index in [4.69, 9.17) is 24.3 Å². The molecule has 0 spiro atoms. The Morgan fingerprint density at radius 3 is 0.928 bits per heavy atom. The quantitative estimate of drug-likeness (QED) is 0.0264. The van der Waals surface area contributed by atoms with Crippen LogP contribution < -0.4 is 5.73 Å². The van der Waals surface area contributed by atoms with E-state index in [0.29, 0.717) is 6.42 Å². The van der Waals surface area contributed by atoms with Crippen molar-refractivity contribution in [3.05, 3.63) is 146 Å². The van der Waals surface area contributed by atoms with Crippen molar-refractivity contribution in [2.24, 2.45) is 5.73 Å². The second kappa shape index (κ2) is 67.0. The van der Waals surface area contributed by atoms with Crippen LogP contribution in [-0.2, 0) is 32.7 Å². The maximum atomic E-state index is 12.8. The second-order valence-corrected chi connectivity index (χ2v) is 23.0. The van der Waals surface area contributed by atoms with E-state index in [1.165, 1.54) is 109 Å². The van der Waals surface area contributed by atoms with Crippen LogP contribution in [0.15, 0.2) is 146 Å². The van der Waals surface area contributed by atoms with Gasteiger partial charge < -0.3 is 20.1 Å². The van der Waals surface area contributed by atoms with Gasteiger partial charge in [0.15, 0.2) is 6.10 Å². The van der Waals surface area contributed by atoms with Crippen molar-refractivity contribution in [1.29, 1.82) is 0 Å². The lowest BCUT2D eigenvalue weighted by molar-refractivity contribution is -0.161. The molecule has 0 rings (SSSR count). The minimum Gasteiger partial charge on any atom is -0.462 e. The second-order valence-electron chi connectivity index (χ2n) is 21.6. The van der Waals surface area contributed by atoms with Crippen LogP contribution in [-0.4, -0.2) is 49.3 Å². The first-order chi connectivity index (χ1) is 40.8. The Hall–Kier alpha value is -4.11. The molecule has 2 atom stereocenters. The first kappa shape index (κ1) is 78.9. The van der Waals surface area contributed by atoms with E-state index in [0.717, 1.165) is 128 Å². The van der Waals surface area contributed by atoms with Crippen LogP contribution in [0.1, 0.15) is 271 Å². The molecule has 0 radical (unpaired) electrons. The molecule has 0 fully saturated rings. The molecule has 0 aromatic rings. The highest BCUT2D eigenvalue weighted by Gasteiger charge is 2.26. The number of rotatable bonds is 61. The summed E-state index contributed by atoms with van der Waals surface area (Å²) in [6, 6.07) is 0. The first-order valence-electron chi connectivity index (χ1n) is 33.3. The Bertz CT molecular complexity index is 1870. The predicted molar refractivity (Wildman–Crippen MR) is 357 cm³/mol. The number of phosphoric ester groups is 1. The molecule has 0 saturated carbocycles. The molecule has 3 N–H and O–H groups in total. The summed E-state index contributed by atoms with van der Waals surface area (Å²) in [6.45, 7) is 3.51. The Balaban J connectivity index is 3.93. The third-order valence-electron chi connectivity index (χ3n) is 13.7. The molecule has 472 valence electrons. The number of phosphoric acid groups is 1. The lowest BCUT2D eigenvalue weighted by atomic mass is 10.0. The number of hydrogen-bond donors (Lipinski definition) is 2. The lowest BCUT2D eigenvalue weighted by Crippen LogP contribution is -2.29. The average molecular weight is 1170 g/mol. The standard InChI is InChI=1S/C73H122NO8P/c1-3-5-7-9-11-13-15-17-19-21-23-25-27-29-30-31-32-33-34-35-36-37-38-39-40-42-44-46-48-50-52-54-56-58-60-62-64-66-73(76)82-71(70-81-83(77,78)80-68-67-74)69-79-72(75)65-63-61-59-57-55-53-51-49-47-45-43-41-28-26-24-22-20-18-16-14-12-10-8-6-4-2/h5-8,11-14,17-20,23-26,29-30,32-33,35-36,41,43,71H,3-4,9-10,15-16,21-22,27-28,31,34,37-40,42,44-70,74H2,1-2H3,(H,77,78)/b7-5-,8-6-,13-11-,14-12-,19-17-,20-18-,25-23-,26-24-,30-29-,33-32-,36-35-,43-41-. The van der Waals surface area contributed by atoms with E-state index in [-0.39, 0.29) is 38.6 Å². The number of nitrogens with two attached hydrogens (primary N) is 1. The van der Waals surface area contributed by atoms with E-state index in [1.807, 2.05) is 0 Å². The van der Waals surface area contributed by atoms with E-state index in [9.17, 15) is 19.0 Å². The van der Waals surface area contributed by atoms with Crippen molar-refractivity contribution in [1.82, 2.24) is 0 Å². The molecule has 0 bridgehead atoms. The van der Waals surface area contributed by atoms with Gasteiger partial charge in [0.2, 0.25) is 0 Å². The highest BCUT2D eigenvalue weighted by molar-refractivity contribution is 7.47. The smallest absolute Gasteiger partial charge is 0.462 e. The number of carbonyl (C=O) groups excluding carboxylic acids is 2. The van der Waals surface area contributed by atoms with Gasteiger partial charge in [-0.05, 0) is 116 Å². The van der Waals surface area contributed by atoms with Crippen molar-refractivity contribution in [3.8, 4) is 0 Å². The molecule has 0 aliphatic carbocycles. The molecular formula is C73H122NO8P.